The minimum Gasteiger partial charge on any atom is -0.481 e. The summed E-state index contributed by atoms with van der Waals surface area (Å²) in [4.78, 5) is 15.6. The van der Waals surface area contributed by atoms with Gasteiger partial charge in [0.05, 0.1) is 19.0 Å². The summed E-state index contributed by atoms with van der Waals surface area (Å²) in [5.74, 6) is -0.188. The molecule has 2 aromatic rings. The highest BCUT2D eigenvalue weighted by atomic mass is 19.1. The van der Waals surface area contributed by atoms with E-state index >= 15 is 0 Å². The summed E-state index contributed by atoms with van der Waals surface area (Å²) in [6.45, 7) is 0. The van der Waals surface area contributed by atoms with Crippen molar-refractivity contribution in [3.63, 3.8) is 0 Å². The maximum atomic E-state index is 13.0. The Morgan fingerprint density at radius 1 is 1.35 bits per heavy atom. The second kappa shape index (κ2) is 6.47. The number of halogens is 1. The van der Waals surface area contributed by atoms with Crippen LogP contribution in [0.5, 0.6) is 5.88 Å². The minimum absolute atomic E-state index is 0.318. The van der Waals surface area contributed by atoms with Gasteiger partial charge in [0.25, 0.3) is 0 Å². The first-order valence-electron chi connectivity index (χ1n) is 5.92. The SMILES string of the molecule is COc1ccc(NC(=O)/C=C/c2cccc(F)c2)cn1. The molecule has 4 nitrogen and oxygen atoms in total. The van der Waals surface area contributed by atoms with E-state index in [0.29, 0.717) is 17.1 Å². The van der Waals surface area contributed by atoms with E-state index < -0.39 is 0 Å². The zero-order chi connectivity index (χ0) is 14.4. The Hall–Kier alpha value is -2.69. The van der Waals surface area contributed by atoms with Crippen molar-refractivity contribution in [1.29, 1.82) is 0 Å². The van der Waals surface area contributed by atoms with Crippen LogP contribution < -0.4 is 10.1 Å². The molecule has 5 heteroatoms. The Labute approximate surface area is 115 Å². The van der Waals surface area contributed by atoms with Gasteiger partial charge in [-0.3, -0.25) is 4.79 Å². The summed E-state index contributed by atoms with van der Waals surface area (Å²) in [7, 11) is 1.52. The van der Waals surface area contributed by atoms with Gasteiger partial charge in [-0.05, 0) is 29.8 Å². The first-order valence-corrected chi connectivity index (χ1v) is 5.92. The van der Waals surface area contributed by atoms with Gasteiger partial charge in [-0.2, -0.15) is 0 Å². The number of nitrogens with one attached hydrogen (secondary N) is 1. The summed E-state index contributed by atoms with van der Waals surface area (Å²) in [6, 6.07) is 9.31. The lowest BCUT2D eigenvalue weighted by molar-refractivity contribution is -0.111. The fraction of sp³-hybridized carbons (Fsp3) is 0.0667. The summed E-state index contributed by atoms with van der Waals surface area (Å²) in [6.07, 6.45) is 4.36. The molecule has 1 heterocycles. The lowest BCUT2D eigenvalue weighted by atomic mass is 10.2. The number of ether oxygens (including phenoxy) is 1. The van der Waals surface area contributed by atoms with Crippen molar-refractivity contribution >= 4 is 17.7 Å². The van der Waals surface area contributed by atoms with E-state index in [1.54, 1.807) is 24.3 Å². The van der Waals surface area contributed by atoms with E-state index in [1.165, 1.54) is 37.6 Å². The number of hydrogen-bond acceptors (Lipinski definition) is 3. The van der Waals surface area contributed by atoms with E-state index in [1.807, 2.05) is 0 Å². The summed E-state index contributed by atoms with van der Waals surface area (Å²) in [5, 5.41) is 2.64. The van der Waals surface area contributed by atoms with Gasteiger partial charge < -0.3 is 10.1 Å². The quantitative estimate of drug-likeness (QED) is 0.871. The summed E-state index contributed by atoms with van der Waals surface area (Å²) < 4.78 is 17.9. The number of pyridine rings is 1. The van der Waals surface area contributed by atoms with Crippen LogP contribution in [0.25, 0.3) is 6.08 Å². The highest BCUT2D eigenvalue weighted by molar-refractivity contribution is 6.01. The van der Waals surface area contributed by atoms with Gasteiger partial charge in [0.1, 0.15) is 5.82 Å². The largest absolute Gasteiger partial charge is 0.481 e. The Kier molecular flexibility index (Phi) is 4.44. The number of amides is 1. The molecule has 0 spiro atoms. The number of methoxy groups -OCH3 is 1. The third kappa shape index (κ3) is 3.91. The molecule has 0 saturated carbocycles. The molecular formula is C15H13FN2O2. The predicted octanol–water partition coefficient (Wildman–Crippen LogP) is 2.88. The van der Waals surface area contributed by atoms with E-state index in [2.05, 4.69) is 10.3 Å². The van der Waals surface area contributed by atoms with Crippen LogP contribution in [0.2, 0.25) is 0 Å². The van der Waals surface area contributed by atoms with Crippen molar-refractivity contribution in [2.45, 2.75) is 0 Å². The highest BCUT2D eigenvalue weighted by Gasteiger charge is 1.99. The third-order valence-corrected chi connectivity index (χ3v) is 2.49. The second-order valence-corrected chi connectivity index (χ2v) is 3.97. The van der Waals surface area contributed by atoms with Crippen LogP contribution in [0.1, 0.15) is 5.56 Å². The van der Waals surface area contributed by atoms with Crippen molar-refractivity contribution in [2.24, 2.45) is 0 Å². The number of nitrogens with zero attached hydrogens (tertiary/aromatic N) is 1. The van der Waals surface area contributed by atoms with Gasteiger partial charge >= 0.3 is 0 Å². The van der Waals surface area contributed by atoms with E-state index in [-0.39, 0.29) is 11.7 Å². The average Bonchev–Trinajstić information content (AvgIpc) is 2.46. The molecule has 0 bridgehead atoms. The normalized spacial score (nSPS) is 10.5. The molecule has 102 valence electrons. The highest BCUT2D eigenvalue weighted by Crippen LogP contribution is 2.11. The maximum absolute atomic E-state index is 13.0. The van der Waals surface area contributed by atoms with Gasteiger partial charge in [-0.25, -0.2) is 9.37 Å². The number of carbonyl (C=O) groups is 1. The predicted molar refractivity (Wildman–Crippen MR) is 74.9 cm³/mol. The number of anilines is 1. The first kappa shape index (κ1) is 13.7. The van der Waals surface area contributed by atoms with Crippen molar-refractivity contribution in [3.8, 4) is 5.88 Å². The molecule has 2 rings (SSSR count). The molecule has 1 amide bonds. The molecule has 1 N–H and O–H groups in total. The number of carbonyl (C=O) groups excluding carboxylic acids is 1. The van der Waals surface area contributed by atoms with Crippen LogP contribution in [0.15, 0.2) is 48.7 Å². The van der Waals surface area contributed by atoms with E-state index in [4.69, 9.17) is 4.74 Å². The van der Waals surface area contributed by atoms with Crippen LogP contribution in [-0.2, 0) is 4.79 Å². The smallest absolute Gasteiger partial charge is 0.248 e. The van der Waals surface area contributed by atoms with E-state index in [0.717, 1.165) is 0 Å². The van der Waals surface area contributed by atoms with Crippen LogP contribution in [0, 0.1) is 5.82 Å². The molecule has 0 radical (unpaired) electrons. The van der Waals surface area contributed by atoms with Crippen LogP contribution in [0.4, 0.5) is 10.1 Å². The fourth-order valence-electron chi connectivity index (χ4n) is 1.54. The molecule has 0 aliphatic rings. The van der Waals surface area contributed by atoms with E-state index in [9.17, 15) is 9.18 Å². The molecule has 0 atom stereocenters. The average molecular weight is 272 g/mol. The molecule has 0 unspecified atom stereocenters. The van der Waals surface area contributed by atoms with Crippen molar-refractivity contribution in [1.82, 2.24) is 4.98 Å². The Morgan fingerprint density at radius 2 is 2.20 bits per heavy atom. The van der Waals surface area contributed by atoms with Crippen LogP contribution in [0.3, 0.4) is 0 Å². The van der Waals surface area contributed by atoms with Crippen molar-refractivity contribution in [2.75, 3.05) is 12.4 Å². The van der Waals surface area contributed by atoms with Crippen LogP contribution >= 0.6 is 0 Å². The van der Waals surface area contributed by atoms with Gasteiger partial charge in [-0.15, -0.1) is 0 Å². The Balaban J connectivity index is 1.98. The molecule has 0 aliphatic carbocycles. The molecular weight excluding hydrogens is 259 g/mol. The van der Waals surface area contributed by atoms with Gasteiger partial charge in [-0.1, -0.05) is 12.1 Å². The number of benzene rings is 1. The van der Waals surface area contributed by atoms with Gasteiger partial charge in [0.2, 0.25) is 11.8 Å². The van der Waals surface area contributed by atoms with Crippen molar-refractivity contribution in [3.05, 3.63) is 60.1 Å². The zero-order valence-electron chi connectivity index (χ0n) is 10.8. The summed E-state index contributed by atoms with van der Waals surface area (Å²) in [5.41, 5.74) is 1.17. The van der Waals surface area contributed by atoms with Gasteiger partial charge in [0.15, 0.2) is 0 Å². The molecule has 1 aromatic carbocycles. The van der Waals surface area contributed by atoms with Crippen LogP contribution in [-0.4, -0.2) is 18.0 Å². The topological polar surface area (TPSA) is 51.2 Å². The lowest BCUT2D eigenvalue weighted by Crippen LogP contribution is -2.07. The fourth-order valence-corrected chi connectivity index (χ4v) is 1.54. The first-order chi connectivity index (χ1) is 9.67. The lowest BCUT2D eigenvalue weighted by Gasteiger charge is -2.02. The van der Waals surface area contributed by atoms with Crippen molar-refractivity contribution < 1.29 is 13.9 Å². The Bertz CT molecular complexity index is 624. The maximum Gasteiger partial charge on any atom is 0.248 e. The number of hydrogen-bond donors (Lipinski definition) is 1. The molecule has 20 heavy (non-hydrogen) atoms. The zero-order valence-corrected chi connectivity index (χ0v) is 10.8. The third-order valence-electron chi connectivity index (χ3n) is 2.49. The standard InChI is InChI=1S/C15H13FN2O2/c1-20-15-8-6-13(10-17-15)18-14(19)7-5-11-3-2-4-12(16)9-11/h2-10H,1H3,(H,18,19)/b7-5+. The molecule has 0 saturated heterocycles. The Morgan fingerprint density at radius 3 is 2.85 bits per heavy atom. The summed E-state index contributed by atoms with van der Waals surface area (Å²) >= 11 is 0. The van der Waals surface area contributed by atoms with Gasteiger partial charge in [0, 0.05) is 12.1 Å². The second-order valence-electron chi connectivity index (χ2n) is 3.97. The monoisotopic (exact) mass is 272 g/mol. The minimum atomic E-state index is -0.341. The molecule has 0 aliphatic heterocycles. The number of aromatic nitrogens is 1. The molecule has 0 fully saturated rings. The molecule has 1 aromatic heterocycles. The number of rotatable bonds is 4.